The van der Waals surface area contributed by atoms with Crippen LogP contribution >= 0.6 is 0 Å². The van der Waals surface area contributed by atoms with Crippen molar-refractivity contribution in [2.75, 3.05) is 48.8 Å². The minimum atomic E-state index is -2.59. The number of nitrogens with zero attached hydrogens (tertiary/aromatic N) is 9. The Kier molecular flexibility index (Phi) is 7.38. The van der Waals surface area contributed by atoms with E-state index in [9.17, 15) is 28.0 Å². The first kappa shape index (κ1) is 28.6. The number of piperidine rings is 1. The van der Waals surface area contributed by atoms with E-state index >= 15 is 0 Å². The van der Waals surface area contributed by atoms with Gasteiger partial charge in [0.15, 0.2) is 17.3 Å². The Morgan fingerprint density at radius 1 is 1.10 bits per heavy atom. The van der Waals surface area contributed by atoms with Crippen molar-refractivity contribution in [3.05, 3.63) is 36.8 Å². The predicted molar refractivity (Wildman–Crippen MR) is 145 cm³/mol. The fourth-order valence-electron chi connectivity index (χ4n) is 4.96. The largest absolute Gasteiger partial charge is 0.354 e. The number of ketones is 1. The molecule has 1 saturated carbocycles. The molecule has 42 heavy (non-hydrogen) atoms. The van der Waals surface area contributed by atoms with Gasteiger partial charge in [-0.2, -0.15) is 0 Å². The first-order valence-corrected chi connectivity index (χ1v) is 13.0. The molecule has 1 aliphatic heterocycles. The molecule has 16 heteroatoms. The summed E-state index contributed by atoms with van der Waals surface area (Å²) in [4.78, 5) is 74.8. The lowest BCUT2D eigenvalue weighted by atomic mass is 10.2. The molecular formula is C26H28F2N10O4. The molecule has 5 rings (SSSR count). The highest BCUT2D eigenvalue weighted by Crippen LogP contribution is 2.59. The van der Waals surface area contributed by atoms with Gasteiger partial charge < -0.3 is 24.6 Å². The van der Waals surface area contributed by atoms with Gasteiger partial charge in [-0.1, -0.05) is 0 Å². The van der Waals surface area contributed by atoms with Gasteiger partial charge in [0.2, 0.25) is 12.3 Å². The molecule has 4 heterocycles. The van der Waals surface area contributed by atoms with Crippen LogP contribution < -0.4 is 15.1 Å². The number of rotatable bonds is 10. The van der Waals surface area contributed by atoms with Crippen LogP contribution in [0.2, 0.25) is 0 Å². The number of anilines is 3. The van der Waals surface area contributed by atoms with Crippen molar-refractivity contribution in [1.29, 1.82) is 0 Å². The second kappa shape index (κ2) is 10.8. The maximum atomic E-state index is 13.5. The molecule has 0 aromatic carbocycles. The molecule has 0 radical (unpaired) electrons. The highest BCUT2D eigenvalue weighted by molar-refractivity contribution is 6.02. The number of halogens is 2. The first-order chi connectivity index (χ1) is 19.9. The molecule has 1 N–H and O–H groups in total. The summed E-state index contributed by atoms with van der Waals surface area (Å²) in [7, 11) is 2.84. The molecule has 2 fully saturated rings. The Morgan fingerprint density at radius 2 is 1.81 bits per heavy atom. The van der Waals surface area contributed by atoms with Crippen LogP contribution in [0, 0.1) is 11.8 Å². The number of nitrogens with one attached hydrogen (secondary N) is 1. The molecule has 220 valence electrons. The predicted octanol–water partition coefficient (Wildman–Crippen LogP) is 1.28. The summed E-state index contributed by atoms with van der Waals surface area (Å²) in [5, 5.41) is 2.65. The standard InChI is InChI=1S/C26H28F2N10O4/c1-14(40)9-35(3)25(42)22-23(36(4)13-39)32-12-38(22)15(2)24(41)34-20-7-29-5-19(33-20)18-6-31-21(8-30-18)37-10-16-17(11-37)26(16,27)28/h5-8,12-13,15-17H,9-11H2,1-4H3,(H,33,34,41). The zero-order valence-electron chi connectivity index (χ0n) is 23.2. The number of hydrogen-bond acceptors (Lipinski definition) is 10. The number of carbonyl (C=O) groups is 4. The lowest BCUT2D eigenvalue weighted by Crippen LogP contribution is -2.35. The summed E-state index contributed by atoms with van der Waals surface area (Å²) < 4.78 is 28.3. The van der Waals surface area contributed by atoms with Gasteiger partial charge in [0.1, 0.15) is 29.0 Å². The van der Waals surface area contributed by atoms with Crippen LogP contribution in [0.25, 0.3) is 11.4 Å². The summed E-state index contributed by atoms with van der Waals surface area (Å²) in [5.41, 5.74) is 0.627. The van der Waals surface area contributed by atoms with E-state index in [0.29, 0.717) is 23.6 Å². The fraction of sp³-hybridized carbons (Fsp3) is 0.423. The van der Waals surface area contributed by atoms with Crippen molar-refractivity contribution in [2.45, 2.75) is 25.8 Å². The fourth-order valence-corrected chi connectivity index (χ4v) is 4.96. The molecule has 3 aromatic heterocycles. The lowest BCUT2D eigenvalue weighted by Gasteiger charge is -2.21. The Balaban J connectivity index is 1.31. The van der Waals surface area contributed by atoms with Gasteiger partial charge in [-0.3, -0.25) is 24.2 Å². The van der Waals surface area contributed by atoms with Crippen molar-refractivity contribution >= 4 is 41.5 Å². The van der Waals surface area contributed by atoms with Crippen molar-refractivity contribution in [3.63, 3.8) is 0 Å². The van der Waals surface area contributed by atoms with Crippen LogP contribution in [0.1, 0.15) is 30.4 Å². The van der Waals surface area contributed by atoms with Crippen molar-refractivity contribution < 1.29 is 28.0 Å². The summed E-state index contributed by atoms with van der Waals surface area (Å²) in [6.45, 7) is 3.16. The van der Waals surface area contributed by atoms with Gasteiger partial charge in [0.25, 0.3) is 11.8 Å². The van der Waals surface area contributed by atoms with Crippen LogP contribution in [0.15, 0.2) is 31.1 Å². The van der Waals surface area contributed by atoms with Gasteiger partial charge in [-0.25, -0.2) is 28.7 Å². The van der Waals surface area contributed by atoms with Crippen molar-refractivity contribution in [3.8, 4) is 11.4 Å². The first-order valence-electron chi connectivity index (χ1n) is 13.0. The third kappa shape index (κ3) is 5.26. The normalized spacial score (nSPS) is 19.0. The average Bonchev–Trinajstić information content (AvgIpc) is 3.39. The van der Waals surface area contributed by atoms with Crippen molar-refractivity contribution in [2.24, 2.45) is 11.8 Å². The molecule has 14 nitrogen and oxygen atoms in total. The van der Waals surface area contributed by atoms with Gasteiger partial charge in [-0.15, -0.1) is 0 Å². The van der Waals surface area contributed by atoms with Gasteiger partial charge in [-0.05, 0) is 13.8 Å². The van der Waals surface area contributed by atoms with Gasteiger partial charge in [0.05, 0.1) is 49.5 Å². The molecule has 1 aliphatic carbocycles. The minimum absolute atomic E-state index is 0.0218. The maximum Gasteiger partial charge on any atom is 0.274 e. The molecule has 3 amide bonds. The summed E-state index contributed by atoms with van der Waals surface area (Å²) in [6.07, 6.45) is 7.45. The maximum absolute atomic E-state index is 13.5. The lowest BCUT2D eigenvalue weighted by molar-refractivity contribution is -0.119. The number of aromatic nitrogens is 6. The third-order valence-corrected chi connectivity index (χ3v) is 7.38. The summed E-state index contributed by atoms with van der Waals surface area (Å²) in [5.74, 6) is -4.65. The second-order valence-electron chi connectivity index (χ2n) is 10.4. The molecular weight excluding hydrogens is 554 g/mol. The zero-order valence-corrected chi connectivity index (χ0v) is 23.2. The van der Waals surface area contributed by atoms with Crippen LogP contribution in [-0.4, -0.2) is 98.0 Å². The van der Waals surface area contributed by atoms with E-state index in [1.807, 2.05) is 0 Å². The SMILES string of the molecule is CC(=O)CN(C)C(=O)c1c(N(C)C=O)ncn1C(C)C(=O)Nc1cncc(-c2cnc(N3CC4C(C3)C4(F)F)cn2)n1. The molecule has 3 atom stereocenters. The minimum Gasteiger partial charge on any atom is -0.354 e. The molecule has 1 saturated heterocycles. The number of Topliss-reactive ketones (excluding diaryl/α,β-unsaturated/α-hetero) is 1. The van der Waals surface area contributed by atoms with Gasteiger partial charge in [0, 0.05) is 27.2 Å². The van der Waals surface area contributed by atoms with Gasteiger partial charge >= 0.3 is 0 Å². The van der Waals surface area contributed by atoms with E-state index < -0.39 is 35.6 Å². The third-order valence-electron chi connectivity index (χ3n) is 7.38. The molecule has 0 spiro atoms. The number of amides is 3. The number of likely N-dealkylation sites (N-methyl/N-ethyl adjacent to an activating group) is 1. The highest BCUT2D eigenvalue weighted by atomic mass is 19.3. The highest BCUT2D eigenvalue weighted by Gasteiger charge is 2.71. The quantitative estimate of drug-likeness (QED) is 0.345. The van der Waals surface area contributed by atoms with Crippen LogP contribution in [-0.2, 0) is 14.4 Å². The monoisotopic (exact) mass is 582 g/mol. The number of alkyl halides is 2. The molecule has 0 bridgehead atoms. The van der Waals surface area contributed by atoms with Crippen LogP contribution in [0.5, 0.6) is 0 Å². The number of imidazole rings is 1. The van der Waals surface area contributed by atoms with E-state index in [4.69, 9.17) is 0 Å². The number of hydrogen-bond donors (Lipinski definition) is 1. The number of carbonyl (C=O) groups excluding carboxylic acids is 4. The van der Waals surface area contributed by atoms with Crippen molar-refractivity contribution in [1.82, 2.24) is 34.4 Å². The topological polar surface area (TPSA) is 159 Å². The van der Waals surface area contributed by atoms with E-state index in [-0.39, 0.29) is 42.7 Å². The smallest absolute Gasteiger partial charge is 0.274 e. The van der Waals surface area contributed by atoms with E-state index in [0.717, 1.165) is 4.90 Å². The number of fused-ring (bicyclic) bond motifs is 1. The zero-order chi connectivity index (χ0) is 30.3. The second-order valence-corrected chi connectivity index (χ2v) is 10.4. The van der Waals surface area contributed by atoms with E-state index in [1.165, 1.54) is 68.5 Å². The van der Waals surface area contributed by atoms with E-state index in [2.05, 4.69) is 30.2 Å². The Morgan fingerprint density at radius 3 is 2.43 bits per heavy atom. The Labute approximate surface area is 238 Å². The molecule has 3 unspecified atom stereocenters. The Hall–Kier alpha value is -4.89. The Bertz CT molecular complexity index is 1530. The van der Waals surface area contributed by atoms with Crippen LogP contribution in [0.3, 0.4) is 0 Å². The average molecular weight is 583 g/mol. The summed E-state index contributed by atoms with van der Waals surface area (Å²) in [6, 6.07) is -0.987. The van der Waals surface area contributed by atoms with Crippen LogP contribution in [0.4, 0.5) is 26.2 Å². The molecule has 2 aliphatic rings. The molecule has 3 aromatic rings. The summed E-state index contributed by atoms with van der Waals surface area (Å²) >= 11 is 0. The van der Waals surface area contributed by atoms with E-state index in [1.54, 1.807) is 4.90 Å².